The van der Waals surface area contributed by atoms with Crippen molar-refractivity contribution in [2.75, 3.05) is 0 Å². The van der Waals surface area contributed by atoms with Gasteiger partial charge in [-0.15, -0.1) is 0 Å². The van der Waals surface area contributed by atoms with Crippen molar-refractivity contribution >= 4 is 17.7 Å². The lowest BCUT2D eigenvalue weighted by molar-refractivity contribution is 0.0685. The highest BCUT2D eigenvalue weighted by molar-refractivity contribution is 7.99. The van der Waals surface area contributed by atoms with Gasteiger partial charge in [0, 0.05) is 17.3 Å². The number of aromatic nitrogens is 2. The summed E-state index contributed by atoms with van der Waals surface area (Å²) in [4.78, 5) is 19.1. The first-order valence-electron chi connectivity index (χ1n) is 4.64. The third kappa shape index (κ3) is 2.79. The molecule has 17 heavy (non-hydrogen) atoms. The van der Waals surface area contributed by atoms with E-state index in [4.69, 9.17) is 5.11 Å². The van der Waals surface area contributed by atoms with Crippen LogP contribution in [0.5, 0.6) is 0 Å². The highest BCUT2D eigenvalue weighted by Crippen LogP contribution is 2.27. The Morgan fingerprint density at radius 1 is 1.29 bits per heavy atom. The molecule has 6 heteroatoms. The van der Waals surface area contributed by atoms with Crippen LogP contribution in [-0.2, 0) is 0 Å². The largest absolute Gasteiger partial charge is 0.476 e. The van der Waals surface area contributed by atoms with Gasteiger partial charge in [0.15, 0.2) is 5.69 Å². The van der Waals surface area contributed by atoms with Crippen molar-refractivity contribution < 1.29 is 14.3 Å². The third-order valence-electron chi connectivity index (χ3n) is 1.88. The van der Waals surface area contributed by atoms with E-state index < -0.39 is 5.97 Å². The minimum absolute atomic E-state index is 0.137. The molecule has 0 aliphatic heterocycles. The molecule has 86 valence electrons. The van der Waals surface area contributed by atoms with Crippen LogP contribution >= 0.6 is 11.8 Å². The van der Waals surface area contributed by atoms with E-state index in [1.54, 1.807) is 12.1 Å². The number of aromatic carboxylic acids is 1. The number of hydrogen-bond acceptors (Lipinski definition) is 4. The Morgan fingerprint density at radius 2 is 2.06 bits per heavy atom. The van der Waals surface area contributed by atoms with Crippen LogP contribution in [0.25, 0.3) is 0 Å². The highest BCUT2D eigenvalue weighted by Gasteiger charge is 2.13. The molecule has 1 aromatic carbocycles. The van der Waals surface area contributed by atoms with Crippen molar-refractivity contribution in [2.45, 2.75) is 9.92 Å². The Kier molecular flexibility index (Phi) is 3.34. The van der Waals surface area contributed by atoms with Crippen LogP contribution in [0.2, 0.25) is 0 Å². The van der Waals surface area contributed by atoms with Crippen molar-refractivity contribution in [2.24, 2.45) is 0 Å². The van der Waals surface area contributed by atoms with Crippen LogP contribution in [-0.4, -0.2) is 21.0 Å². The summed E-state index contributed by atoms with van der Waals surface area (Å²) in [6.45, 7) is 0. The van der Waals surface area contributed by atoms with E-state index >= 15 is 0 Å². The standard InChI is InChI=1S/C11H7FN2O2S/c12-7-2-1-3-8(6-7)17-10-9(11(15)16)13-4-5-14-10/h1-6H,(H,15,16). The number of hydrogen-bond donors (Lipinski definition) is 1. The van der Waals surface area contributed by atoms with Gasteiger partial charge in [-0.05, 0) is 18.2 Å². The number of halogens is 1. The van der Waals surface area contributed by atoms with Crippen LogP contribution in [0, 0.1) is 5.82 Å². The predicted octanol–water partition coefficient (Wildman–Crippen LogP) is 2.47. The molecule has 0 unspecified atom stereocenters. The van der Waals surface area contributed by atoms with E-state index in [1.165, 1.54) is 24.5 Å². The molecule has 0 saturated heterocycles. The van der Waals surface area contributed by atoms with Gasteiger partial charge in [-0.3, -0.25) is 0 Å². The van der Waals surface area contributed by atoms with Crippen LogP contribution in [0.1, 0.15) is 10.5 Å². The molecule has 0 bridgehead atoms. The first-order chi connectivity index (χ1) is 8.16. The molecule has 0 aliphatic rings. The number of carbonyl (C=O) groups is 1. The van der Waals surface area contributed by atoms with Crippen molar-refractivity contribution in [3.8, 4) is 0 Å². The molecule has 1 N–H and O–H groups in total. The summed E-state index contributed by atoms with van der Waals surface area (Å²) in [5.41, 5.74) is -0.137. The van der Waals surface area contributed by atoms with E-state index in [1.807, 2.05) is 0 Å². The summed E-state index contributed by atoms with van der Waals surface area (Å²) in [5, 5.41) is 9.15. The Hall–Kier alpha value is -1.95. The van der Waals surface area contributed by atoms with Gasteiger partial charge in [-0.25, -0.2) is 19.2 Å². The van der Waals surface area contributed by atoms with Crippen LogP contribution in [0.15, 0.2) is 46.6 Å². The zero-order chi connectivity index (χ0) is 12.3. The molecule has 0 amide bonds. The van der Waals surface area contributed by atoms with Crippen molar-refractivity contribution in [1.82, 2.24) is 9.97 Å². The van der Waals surface area contributed by atoms with Crippen LogP contribution < -0.4 is 0 Å². The van der Waals surface area contributed by atoms with Gasteiger partial charge in [0.25, 0.3) is 0 Å². The fourth-order valence-corrected chi connectivity index (χ4v) is 2.08. The number of carboxylic acids is 1. The molecule has 0 fully saturated rings. The lowest BCUT2D eigenvalue weighted by atomic mass is 10.4. The normalized spacial score (nSPS) is 10.2. The number of nitrogens with zero attached hydrogens (tertiary/aromatic N) is 2. The lowest BCUT2D eigenvalue weighted by Gasteiger charge is -2.03. The van der Waals surface area contributed by atoms with Crippen molar-refractivity contribution in [1.29, 1.82) is 0 Å². The average molecular weight is 250 g/mol. The first-order valence-corrected chi connectivity index (χ1v) is 5.46. The quantitative estimate of drug-likeness (QED) is 0.906. The lowest BCUT2D eigenvalue weighted by Crippen LogP contribution is -2.03. The van der Waals surface area contributed by atoms with Gasteiger partial charge >= 0.3 is 5.97 Å². The molecule has 1 heterocycles. The third-order valence-corrected chi connectivity index (χ3v) is 2.86. The van der Waals surface area contributed by atoms with Gasteiger partial charge in [-0.1, -0.05) is 17.8 Å². The summed E-state index contributed by atoms with van der Waals surface area (Å²) in [6, 6.07) is 5.85. The zero-order valence-electron chi connectivity index (χ0n) is 8.50. The van der Waals surface area contributed by atoms with E-state index in [0.29, 0.717) is 4.90 Å². The second-order valence-electron chi connectivity index (χ2n) is 3.07. The molecule has 1 aromatic heterocycles. The Balaban J connectivity index is 2.33. The molecule has 0 radical (unpaired) electrons. The van der Waals surface area contributed by atoms with Gasteiger partial charge < -0.3 is 5.11 Å². The zero-order valence-corrected chi connectivity index (χ0v) is 9.32. The van der Waals surface area contributed by atoms with E-state index in [9.17, 15) is 9.18 Å². The SMILES string of the molecule is O=C(O)c1nccnc1Sc1cccc(F)c1. The van der Waals surface area contributed by atoms with Crippen molar-refractivity contribution in [3.63, 3.8) is 0 Å². The number of rotatable bonds is 3. The molecule has 4 nitrogen and oxygen atoms in total. The minimum Gasteiger partial charge on any atom is -0.476 e. The van der Waals surface area contributed by atoms with Gasteiger partial charge in [0.2, 0.25) is 0 Å². The molecule has 0 aliphatic carbocycles. The molecular weight excluding hydrogens is 243 g/mol. The maximum absolute atomic E-state index is 13.0. The topological polar surface area (TPSA) is 63.1 Å². The molecule has 0 saturated carbocycles. The molecule has 2 aromatic rings. The first kappa shape index (κ1) is 11.5. The fourth-order valence-electron chi connectivity index (χ4n) is 1.19. The second kappa shape index (κ2) is 4.92. The van der Waals surface area contributed by atoms with E-state index in [-0.39, 0.29) is 16.5 Å². The van der Waals surface area contributed by atoms with Crippen LogP contribution in [0.4, 0.5) is 4.39 Å². The van der Waals surface area contributed by atoms with Gasteiger partial charge in [0.1, 0.15) is 10.8 Å². The summed E-state index contributed by atoms with van der Waals surface area (Å²) < 4.78 is 13.0. The summed E-state index contributed by atoms with van der Waals surface area (Å²) >= 11 is 1.06. The van der Waals surface area contributed by atoms with Gasteiger partial charge in [0.05, 0.1) is 0 Å². The fraction of sp³-hybridized carbons (Fsp3) is 0. The maximum atomic E-state index is 13.0. The number of carboxylic acid groups (broad SMARTS) is 1. The monoisotopic (exact) mass is 250 g/mol. The summed E-state index contributed by atoms with van der Waals surface area (Å²) in [6.07, 6.45) is 2.70. The minimum atomic E-state index is -1.16. The van der Waals surface area contributed by atoms with Crippen LogP contribution in [0.3, 0.4) is 0 Å². The summed E-state index contributed by atoms with van der Waals surface area (Å²) in [7, 11) is 0. The summed E-state index contributed by atoms with van der Waals surface area (Å²) in [5.74, 6) is -1.53. The Morgan fingerprint density at radius 3 is 2.76 bits per heavy atom. The van der Waals surface area contributed by atoms with Crippen molar-refractivity contribution in [3.05, 3.63) is 48.2 Å². The number of benzene rings is 1. The Labute approximate surface area is 101 Å². The molecule has 2 rings (SSSR count). The van der Waals surface area contributed by atoms with E-state index in [2.05, 4.69) is 9.97 Å². The second-order valence-corrected chi connectivity index (χ2v) is 4.14. The predicted molar refractivity (Wildman–Crippen MR) is 59.5 cm³/mol. The molecular formula is C11H7FN2O2S. The smallest absolute Gasteiger partial charge is 0.357 e. The average Bonchev–Trinajstić information content (AvgIpc) is 2.29. The van der Waals surface area contributed by atoms with Gasteiger partial charge in [-0.2, -0.15) is 0 Å². The van der Waals surface area contributed by atoms with E-state index in [0.717, 1.165) is 11.8 Å². The highest BCUT2D eigenvalue weighted by atomic mass is 32.2. The maximum Gasteiger partial charge on any atom is 0.357 e. The molecule has 0 atom stereocenters. The molecule has 0 spiro atoms. The Bertz CT molecular complexity index is 563.